The zero-order valence-corrected chi connectivity index (χ0v) is 10.6. The summed E-state index contributed by atoms with van der Waals surface area (Å²) in [5.41, 5.74) is 0. The van der Waals surface area contributed by atoms with E-state index in [0.29, 0.717) is 25.0 Å². The van der Waals surface area contributed by atoms with Crippen LogP contribution in [0.3, 0.4) is 0 Å². The second kappa shape index (κ2) is 6.21. The van der Waals surface area contributed by atoms with E-state index in [-0.39, 0.29) is 5.92 Å². The van der Waals surface area contributed by atoms with Crippen molar-refractivity contribution in [2.24, 2.45) is 11.8 Å². The summed E-state index contributed by atoms with van der Waals surface area (Å²) in [6.07, 6.45) is 1.14. The summed E-state index contributed by atoms with van der Waals surface area (Å²) in [4.78, 5) is 13.3. The maximum absolute atomic E-state index is 11.0. The van der Waals surface area contributed by atoms with Crippen molar-refractivity contribution in [2.45, 2.75) is 33.2 Å². The maximum Gasteiger partial charge on any atom is 0.309 e. The highest BCUT2D eigenvalue weighted by atomic mass is 16.4. The molecule has 1 aliphatic heterocycles. The topological polar surface area (TPSA) is 52.6 Å². The molecular formula is C12H24N2O2. The van der Waals surface area contributed by atoms with Gasteiger partial charge in [0.15, 0.2) is 0 Å². The molecule has 0 aromatic carbocycles. The van der Waals surface area contributed by atoms with Gasteiger partial charge >= 0.3 is 5.97 Å². The van der Waals surface area contributed by atoms with Gasteiger partial charge in [-0.1, -0.05) is 13.8 Å². The number of carbonyl (C=O) groups is 1. The average Bonchev–Trinajstić information content (AvgIpc) is 2.37. The first-order valence-electron chi connectivity index (χ1n) is 6.17. The van der Waals surface area contributed by atoms with Gasteiger partial charge in [-0.25, -0.2) is 0 Å². The van der Waals surface area contributed by atoms with E-state index in [1.807, 2.05) is 0 Å². The Bertz CT molecular complexity index is 231. The van der Waals surface area contributed by atoms with Gasteiger partial charge in [-0.15, -0.1) is 0 Å². The zero-order valence-electron chi connectivity index (χ0n) is 10.6. The monoisotopic (exact) mass is 228 g/mol. The molecule has 1 aliphatic rings. The summed E-state index contributed by atoms with van der Waals surface area (Å²) in [6.45, 7) is 9.76. The largest absolute Gasteiger partial charge is 0.481 e. The van der Waals surface area contributed by atoms with E-state index in [1.165, 1.54) is 0 Å². The number of nitrogens with one attached hydrogen (secondary N) is 1. The summed E-state index contributed by atoms with van der Waals surface area (Å²) in [5.74, 6) is -0.275. The van der Waals surface area contributed by atoms with Crippen LogP contribution >= 0.6 is 0 Å². The van der Waals surface area contributed by atoms with Crippen LogP contribution in [0.1, 0.15) is 27.2 Å². The lowest BCUT2D eigenvalue weighted by Crippen LogP contribution is -2.36. The van der Waals surface area contributed by atoms with Crippen molar-refractivity contribution in [3.05, 3.63) is 0 Å². The van der Waals surface area contributed by atoms with Crippen molar-refractivity contribution in [3.8, 4) is 0 Å². The molecule has 4 nitrogen and oxygen atoms in total. The first-order chi connectivity index (χ1) is 7.49. The summed E-state index contributed by atoms with van der Waals surface area (Å²) in [5, 5.41) is 12.3. The molecule has 0 spiro atoms. The zero-order chi connectivity index (χ0) is 12.1. The second-order valence-corrected chi connectivity index (χ2v) is 5.29. The van der Waals surface area contributed by atoms with Crippen molar-refractivity contribution in [1.82, 2.24) is 10.2 Å². The second-order valence-electron chi connectivity index (χ2n) is 5.29. The van der Waals surface area contributed by atoms with Crippen LogP contribution in [0.25, 0.3) is 0 Å². The Balaban J connectivity index is 2.49. The highest BCUT2D eigenvalue weighted by Gasteiger charge is 2.25. The Morgan fingerprint density at radius 3 is 2.75 bits per heavy atom. The fourth-order valence-electron chi connectivity index (χ4n) is 2.03. The standard InChI is InChI=1S/C12H24N2O2/c1-9(2)4-5-14-7-10(3)13-6-11(8-14)12(15)16/h9-11,13H,4-8H2,1-3H3,(H,15,16). The molecule has 0 aromatic rings. The third kappa shape index (κ3) is 4.49. The van der Waals surface area contributed by atoms with Gasteiger partial charge in [-0.3, -0.25) is 4.79 Å². The normalized spacial score (nSPS) is 28.0. The quantitative estimate of drug-likeness (QED) is 0.754. The Morgan fingerprint density at radius 2 is 2.19 bits per heavy atom. The average molecular weight is 228 g/mol. The maximum atomic E-state index is 11.0. The van der Waals surface area contributed by atoms with Crippen LogP contribution in [0.2, 0.25) is 0 Å². The van der Waals surface area contributed by atoms with Crippen LogP contribution in [-0.4, -0.2) is 48.2 Å². The molecule has 0 aliphatic carbocycles. The third-order valence-corrected chi connectivity index (χ3v) is 3.10. The van der Waals surface area contributed by atoms with Gasteiger partial charge < -0.3 is 15.3 Å². The van der Waals surface area contributed by atoms with Crippen molar-refractivity contribution in [2.75, 3.05) is 26.2 Å². The van der Waals surface area contributed by atoms with Gasteiger partial charge in [-0.2, -0.15) is 0 Å². The lowest BCUT2D eigenvalue weighted by Gasteiger charge is -2.24. The molecular weight excluding hydrogens is 204 g/mol. The van der Waals surface area contributed by atoms with E-state index in [9.17, 15) is 4.79 Å². The van der Waals surface area contributed by atoms with Crippen LogP contribution in [0.5, 0.6) is 0 Å². The number of carboxylic acid groups (broad SMARTS) is 1. The molecule has 2 unspecified atom stereocenters. The molecule has 0 radical (unpaired) electrons. The minimum atomic E-state index is -0.684. The highest BCUT2D eigenvalue weighted by molar-refractivity contribution is 5.70. The van der Waals surface area contributed by atoms with Crippen molar-refractivity contribution >= 4 is 5.97 Å². The third-order valence-electron chi connectivity index (χ3n) is 3.10. The lowest BCUT2D eigenvalue weighted by molar-refractivity contribution is -0.141. The molecule has 0 amide bonds. The molecule has 0 aromatic heterocycles. The van der Waals surface area contributed by atoms with E-state index < -0.39 is 5.97 Å². The molecule has 1 fully saturated rings. The van der Waals surface area contributed by atoms with Crippen LogP contribution in [0, 0.1) is 11.8 Å². The molecule has 0 saturated carbocycles. The van der Waals surface area contributed by atoms with Gasteiger partial charge in [-0.05, 0) is 25.8 Å². The molecule has 2 N–H and O–H groups in total. The van der Waals surface area contributed by atoms with Crippen LogP contribution in [0.4, 0.5) is 0 Å². The fraction of sp³-hybridized carbons (Fsp3) is 0.917. The fourth-order valence-corrected chi connectivity index (χ4v) is 2.03. The van der Waals surface area contributed by atoms with Crippen LogP contribution in [0.15, 0.2) is 0 Å². The number of carboxylic acids is 1. The number of rotatable bonds is 4. The van der Waals surface area contributed by atoms with Crippen LogP contribution < -0.4 is 5.32 Å². The lowest BCUT2D eigenvalue weighted by atomic mass is 10.1. The van der Waals surface area contributed by atoms with Gasteiger partial charge in [0, 0.05) is 25.7 Å². The van der Waals surface area contributed by atoms with Crippen molar-refractivity contribution in [1.29, 1.82) is 0 Å². The highest BCUT2D eigenvalue weighted by Crippen LogP contribution is 2.10. The molecule has 16 heavy (non-hydrogen) atoms. The number of nitrogens with zero attached hydrogens (tertiary/aromatic N) is 1. The predicted molar refractivity (Wildman–Crippen MR) is 64.5 cm³/mol. The SMILES string of the molecule is CC(C)CCN1CC(C)NCC(C(=O)O)C1. The summed E-state index contributed by atoms with van der Waals surface area (Å²) in [6, 6.07) is 0.386. The molecule has 94 valence electrons. The van der Waals surface area contributed by atoms with Crippen LogP contribution in [-0.2, 0) is 4.79 Å². The first-order valence-corrected chi connectivity index (χ1v) is 6.17. The number of aliphatic carboxylic acids is 1. The van der Waals surface area contributed by atoms with E-state index >= 15 is 0 Å². The van der Waals surface area contributed by atoms with E-state index in [4.69, 9.17) is 5.11 Å². The van der Waals surface area contributed by atoms with E-state index in [2.05, 4.69) is 31.0 Å². The molecule has 1 saturated heterocycles. The Morgan fingerprint density at radius 1 is 1.50 bits per heavy atom. The van der Waals surface area contributed by atoms with Crippen molar-refractivity contribution < 1.29 is 9.90 Å². The minimum Gasteiger partial charge on any atom is -0.481 e. The number of hydrogen-bond acceptors (Lipinski definition) is 3. The van der Waals surface area contributed by atoms with Gasteiger partial charge in [0.05, 0.1) is 5.92 Å². The molecule has 4 heteroatoms. The van der Waals surface area contributed by atoms with E-state index in [0.717, 1.165) is 19.5 Å². The van der Waals surface area contributed by atoms with E-state index in [1.54, 1.807) is 0 Å². The Hall–Kier alpha value is -0.610. The summed E-state index contributed by atoms with van der Waals surface area (Å²) >= 11 is 0. The molecule has 2 atom stereocenters. The molecule has 1 rings (SSSR count). The van der Waals surface area contributed by atoms with Gasteiger partial charge in [0.2, 0.25) is 0 Å². The number of hydrogen-bond donors (Lipinski definition) is 2. The Labute approximate surface area is 98.0 Å². The molecule has 0 bridgehead atoms. The smallest absolute Gasteiger partial charge is 0.309 e. The minimum absolute atomic E-state index is 0.267. The van der Waals surface area contributed by atoms with Crippen molar-refractivity contribution in [3.63, 3.8) is 0 Å². The summed E-state index contributed by atoms with van der Waals surface area (Å²) in [7, 11) is 0. The summed E-state index contributed by atoms with van der Waals surface area (Å²) < 4.78 is 0. The Kier molecular flexibility index (Phi) is 5.22. The van der Waals surface area contributed by atoms with Gasteiger partial charge in [0.25, 0.3) is 0 Å². The van der Waals surface area contributed by atoms with Gasteiger partial charge in [0.1, 0.15) is 0 Å². The molecule has 1 heterocycles. The first kappa shape index (κ1) is 13.5. The predicted octanol–water partition coefficient (Wildman–Crippen LogP) is 1.03.